The van der Waals surface area contributed by atoms with Crippen LogP contribution in [0.15, 0.2) is 18.2 Å². The highest BCUT2D eigenvalue weighted by atomic mass is 16.5. The van der Waals surface area contributed by atoms with Gasteiger partial charge in [-0.2, -0.15) is 0 Å². The van der Waals surface area contributed by atoms with E-state index in [-0.39, 0.29) is 5.91 Å². The summed E-state index contributed by atoms with van der Waals surface area (Å²) < 4.78 is 5.43. The normalized spacial score (nSPS) is 24.6. The van der Waals surface area contributed by atoms with Crippen molar-refractivity contribution in [1.82, 2.24) is 10.2 Å². The average molecular weight is 317 g/mol. The summed E-state index contributed by atoms with van der Waals surface area (Å²) in [7, 11) is 3.65. The van der Waals surface area contributed by atoms with Gasteiger partial charge >= 0.3 is 0 Å². The van der Waals surface area contributed by atoms with Crippen LogP contribution in [0.3, 0.4) is 0 Å². The molecule has 1 heterocycles. The molecular formula is C18H27N3O2. The highest BCUT2D eigenvalue weighted by molar-refractivity contribution is 5.89. The molecule has 23 heavy (non-hydrogen) atoms. The zero-order valence-corrected chi connectivity index (χ0v) is 14.1. The molecule has 0 bridgehead atoms. The van der Waals surface area contributed by atoms with Crippen molar-refractivity contribution in [3.05, 3.63) is 29.3 Å². The third kappa shape index (κ3) is 2.83. The van der Waals surface area contributed by atoms with Gasteiger partial charge in [0.1, 0.15) is 11.3 Å². The Balaban J connectivity index is 1.77. The van der Waals surface area contributed by atoms with Gasteiger partial charge in [0.2, 0.25) is 5.91 Å². The lowest BCUT2D eigenvalue weighted by molar-refractivity contribution is -0.138. The summed E-state index contributed by atoms with van der Waals surface area (Å²) in [6.07, 6.45) is 3.57. The van der Waals surface area contributed by atoms with Crippen LogP contribution in [-0.2, 0) is 16.8 Å². The number of carbonyl (C=O) groups excluding carboxylic acids is 1. The molecule has 5 heteroatoms. The molecule has 126 valence electrons. The van der Waals surface area contributed by atoms with E-state index in [4.69, 9.17) is 10.5 Å². The van der Waals surface area contributed by atoms with Crippen LogP contribution in [-0.4, -0.2) is 44.6 Å². The van der Waals surface area contributed by atoms with Crippen LogP contribution < -0.4 is 15.8 Å². The van der Waals surface area contributed by atoms with Crippen molar-refractivity contribution in [2.75, 3.05) is 33.8 Å². The molecule has 1 fully saturated rings. The summed E-state index contributed by atoms with van der Waals surface area (Å²) in [6.45, 7) is 2.64. The molecule has 2 aliphatic rings. The zero-order valence-electron chi connectivity index (χ0n) is 14.1. The fourth-order valence-electron chi connectivity index (χ4n) is 4.02. The Bertz CT molecular complexity index is 582. The Hall–Kier alpha value is -1.59. The summed E-state index contributed by atoms with van der Waals surface area (Å²) in [5.41, 5.74) is 7.75. The molecule has 1 aromatic rings. The van der Waals surface area contributed by atoms with Crippen molar-refractivity contribution in [1.29, 1.82) is 0 Å². The topological polar surface area (TPSA) is 67.6 Å². The van der Waals surface area contributed by atoms with E-state index in [1.807, 2.05) is 30.1 Å². The van der Waals surface area contributed by atoms with E-state index in [1.165, 1.54) is 0 Å². The van der Waals surface area contributed by atoms with Gasteiger partial charge in [-0.3, -0.25) is 4.79 Å². The minimum atomic E-state index is -0.889. The van der Waals surface area contributed by atoms with Crippen LogP contribution in [0.2, 0.25) is 0 Å². The highest BCUT2D eigenvalue weighted by Gasteiger charge is 2.45. The first-order valence-electron chi connectivity index (χ1n) is 8.49. The van der Waals surface area contributed by atoms with Crippen molar-refractivity contribution in [2.45, 2.75) is 31.2 Å². The molecule has 0 radical (unpaired) electrons. The van der Waals surface area contributed by atoms with E-state index in [1.54, 1.807) is 7.11 Å². The molecule has 1 aromatic carbocycles. The molecule has 3 N–H and O–H groups in total. The lowest BCUT2D eigenvalue weighted by atomic mass is 9.89. The number of rotatable bonds is 4. The first-order chi connectivity index (χ1) is 11.1. The van der Waals surface area contributed by atoms with Crippen LogP contribution >= 0.6 is 0 Å². The number of fused-ring (bicyclic) bond motifs is 1. The number of ether oxygens (including phenoxy) is 1. The highest BCUT2D eigenvalue weighted by Crippen LogP contribution is 2.41. The van der Waals surface area contributed by atoms with Crippen molar-refractivity contribution < 1.29 is 9.53 Å². The maximum absolute atomic E-state index is 13.1. The zero-order chi connectivity index (χ0) is 16.4. The smallest absolute Gasteiger partial charge is 0.247 e. The minimum Gasteiger partial charge on any atom is -0.496 e. The van der Waals surface area contributed by atoms with E-state index in [0.29, 0.717) is 12.3 Å². The van der Waals surface area contributed by atoms with Gasteiger partial charge in [-0.25, -0.2) is 0 Å². The molecule has 3 rings (SSSR count). The van der Waals surface area contributed by atoms with E-state index < -0.39 is 5.54 Å². The minimum absolute atomic E-state index is 0.0763. The predicted molar refractivity (Wildman–Crippen MR) is 90.4 cm³/mol. The fourth-order valence-corrected chi connectivity index (χ4v) is 4.02. The van der Waals surface area contributed by atoms with Crippen LogP contribution in [0.1, 0.15) is 30.4 Å². The second-order valence-electron chi connectivity index (χ2n) is 6.75. The van der Waals surface area contributed by atoms with Crippen molar-refractivity contribution in [2.24, 2.45) is 11.7 Å². The molecular weight excluding hydrogens is 290 g/mol. The number of amides is 1. The third-order valence-electron chi connectivity index (χ3n) is 5.38. The van der Waals surface area contributed by atoms with Crippen molar-refractivity contribution in [3.8, 4) is 5.75 Å². The molecule has 1 aliphatic heterocycles. The first-order valence-corrected chi connectivity index (χ1v) is 8.49. The molecule has 0 saturated carbocycles. The van der Waals surface area contributed by atoms with E-state index >= 15 is 0 Å². The second kappa shape index (κ2) is 6.49. The van der Waals surface area contributed by atoms with Crippen LogP contribution in [0.4, 0.5) is 0 Å². The second-order valence-corrected chi connectivity index (χ2v) is 6.75. The van der Waals surface area contributed by atoms with Crippen molar-refractivity contribution in [3.63, 3.8) is 0 Å². The maximum atomic E-state index is 13.1. The molecule has 1 unspecified atom stereocenters. The van der Waals surface area contributed by atoms with E-state index in [2.05, 4.69) is 5.32 Å². The summed E-state index contributed by atoms with van der Waals surface area (Å²) in [5.74, 6) is 1.58. The predicted octanol–water partition coefficient (Wildman–Crippen LogP) is 1.25. The quantitative estimate of drug-likeness (QED) is 0.877. The summed E-state index contributed by atoms with van der Waals surface area (Å²) >= 11 is 0. The van der Waals surface area contributed by atoms with E-state index in [0.717, 1.165) is 55.8 Å². The number of likely N-dealkylation sites (tertiary alicyclic amines) is 1. The van der Waals surface area contributed by atoms with Crippen LogP contribution in [0, 0.1) is 5.92 Å². The Morgan fingerprint density at radius 2 is 2.17 bits per heavy atom. The average Bonchev–Trinajstić information content (AvgIpc) is 2.94. The van der Waals surface area contributed by atoms with Gasteiger partial charge in [-0.1, -0.05) is 12.1 Å². The fraction of sp³-hybridized carbons (Fsp3) is 0.611. The number of nitrogens with zero attached hydrogens (tertiary/aromatic N) is 1. The largest absolute Gasteiger partial charge is 0.496 e. The number of nitrogens with one attached hydrogen (secondary N) is 1. The summed E-state index contributed by atoms with van der Waals surface area (Å²) in [6, 6.07) is 5.85. The third-order valence-corrected chi connectivity index (χ3v) is 5.38. The Morgan fingerprint density at radius 3 is 2.83 bits per heavy atom. The summed E-state index contributed by atoms with van der Waals surface area (Å²) in [4.78, 5) is 15.1. The van der Waals surface area contributed by atoms with Gasteiger partial charge in [0.05, 0.1) is 7.11 Å². The number of carbonyl (C=O) groups is 1. The number of nitrogens with two attached hydrogens (primary N) is 1. The SMILES string of the molecule is CNCC1CCN(C(=O)C2(N)CCc3c(OC)cccc32)CC1. The summed E-state index contributed by atoms with van der Waals surface area (Å²) in [5, 5.41) is 3.23. The molecule has 5 nitrogen and oxygen atoms in total. The number of hydrogen-bond acceptors (Lipinski definition) is 4. The maximum Gasteiger partial charge on any atom is 0.247 e. The lowest BCUT2D eigenvalue weighted by Crippen LogP contribution is -2.54. The molecule has 0 aromatic heterocycles. The number of piperidine rings is 1. The standard InChI is InChI=1S/C18H27N3O2/c1-20-12-13-7-10-21(11-8-13)17(22)18(19)9-6-14-15(18)4-3-5-16(14)23-2/h3-5,13,20H,6-12,19H2,1-2H3. The number of hydrogen-bond donors (Lipinski definition) is 2. The van der Waals surface area contributed by atoms with Crippen molar-refractivity contribution >= 4 is 5.91 Å². The monoisotopic (exact) mass is 317 g/mol. The van der Waals surface area contributed by atoms with Crippen LogP contribution in [0.25, 0.3) is 0 Å². The van der Waals surface area contributed by atoms with E-state index in [9.17, 15) is 4.79 Å². The number of methoxy groups -OCH3 is 1. The van der Waals surface area contributed by atoms with Gasteiger partial charge in [0, 0.05) is 13.1 Å². The van der Waals surface area contributed by atoms with Crippen LogP contribution in [0.5, 0.6) is 5.75 Å². The van der Waals surface area contributed by atoms with Gasteiger partial charge in [-0.15, -0.1) is 0 Å². The molecule has 1 amide bonds. The first kappa shape index (κ1) is 16.3. The van der Waals surface area contributed by atoms with Gasteiger partial charge < -0.3 is 20.7 Å². The Morgan fingerprint density at radius 1 is 1.43 bits per heavy atom. The molecule has 1 aliphatic carbocycles. The van der Waals surface area contributed by atoms with Gasteiger partial charge in [0.15, 0.2) is 0 Å². The number of benzene rings is 1. The lowest BCUT2D eigenvalue weighted by Gasteiger charge is -2.37. The van der Waals surface area contributed by atoms with Gasteiger partial charge in [0.25, 0.3) is 0 Å². The molecule has 1 atom stereocenters. The van der Waals surface area contributed by atoms with Gasteiger partial charge in [-0.05, 0) is 62.4 Å². The Labute approximate surface area is 138 Å². The molecule has 1 saturated heterocycles. The molecule has 0 spiro atoms. The Kier molecular flexibility index (Phi) is 4.60.